The second-order valence-electron chi connectivity index (χ2n) is 7.02. The molecule has 0 bridgehead atoms. The van der Waals surface area contributed by atoms with Crippen molar-refractivity contribution < 1.29 is 14.3 Å². The van der Waals surface area contributed by atoms with Crippen molar-refractivity contribution in [2.75, 3.05) is 22.5 Å². The van der Waals surface area contributed by atoms with Crippen LogP contribution in [0.3, 0.4) is 0 Å². The molecule has 0 saturated heterocycles. The van der Waals surface area contributed by atoms with Crippen molar-refractivity contribution in [1.29, 1.82) is 0 Å². The molecule has 1 aromatic heterocycles. The summed E-state index contributed by atoms with van der Waals surface area (Å²) >= 11 is 0. The lowest BCUT2D eigenvalue weighted by Gasteiger charge is -2.30. The number of rotatable bonds is 2. The molecular formula is C16H22N4O3. The zero-order chi connectivity index (χ0) is 16.8. The van der Waals surface area contributed by atoms with Crippen LogP contribution in [0.1, 0.15) is 50.4 Å². The van der Waals surface area contributed by atoms with Gasteiger partial charge in [-0.25, -0.2) is 9.78 Å². The van der Waals surface area contributed by atoms with Gasteiger partial charge in [-0.15, -0.1) is 0 Å². The minimum absolute atomic E-state index is 0.0584. The minimum atomic E-state index is -0.610. The van der Waals surface area contributed by atoms with Gasteiger partial charge in [0.05, 0.1) is 11.3 Å². The van der Waals surface area contributed by atoms with Crippen LogP contribution >= 0.6 is 0 Å². The molecule has 1 aliphatic heterocycles. The molecule has 2 heterocycles. The fourth-order valence-corrected chi connectivity index (χ4v) is 2.42. The Kier molecular flexibility index (Phi) is 3.66. The highest BCUT2D eigenvalue weighted by molar-refractivity contribution is 6.07. The van der Waals surface area contributed by atoms with Gasteiger partial charge in [-0.05, 0) is 39.7 Å². The Bertz CT molecular complexity index is 662. The van der Waals surface area contributed by atoms with Gasteiger partial charge in [-0.3, -0.25) is 9.69 Å². The van der Waals surface area contributed by atoms with Crippen molar-refractivity contribution in [2.45, 2.75) is 51.7 Å². The number of amides is 1. The number of Topliss-reactive ketones (excluding diaryl/α,β-unsaturated/α-hetero) is 1. The molecule has 1 amide bonds. The Balaban J connectivity index is 1.95. The predicted octanol–water partition coefficient (Wildman–Crippen LogP) is 2.57. The summed E-state index contributed by atoms with van der Waals surface area (Å²) in [7, 11) is 0. The Labute approximate surface area is 135 Å². The standard InChI is InChI=1S/C16H22N4O3/c1-16(2,3)23-15(22)20-7-6-12(21)10-8-11(17)13(19-14(10)20)18-9-4-5-9/h8-9H,4-7,17H2,1-3H3,(H,18,19). The molecule has 7 nitrogen and oxygen atoms in total. The SMILES string of the molecule is CC(C)(C)OC(=O)N1CCC(=O)c2cc(N)c(NC3CC3)nc21. The molecule has 0 spiro atoms. The van der Waals surface area contributed by atoms with Crippen LogP contribution in [0.2, 0.25) is 0 Å². The molecule has 3 N–H and O–H groups in total. The molecule has 0 radical (unpaired) electrons. The quantitative estimate of drug-likeness (QED) is 0.869. The number of nitrogens with one attached hydrogen (secondary N) is 1. The fourth-order valence-electron chi connectivity index (χ4n) is 2.42. The third-order valence-corrected chi connectivity index (χ3v) is 3.68. The Morgan fingerprint density at radius 3 is 2.74 bits per heavy atom. The lowest BCUT2D eigenvalue weighted by atomic mass is 10.0. The molecule has 3 rings (SSSR count). The Morgan fingerprint density at radius 2 is 2.13 bits per heavy atom. The molecule has 2 aliphatic rings. The highest BCUT2D eigenvalue weighted by atomic mass is 16.6. The van der Waals surface area contributed by atoms with Gasteiger partial charge in [0.15, 0.2) is 17.4 Å². The van der Waals surface area contributed by atoms with Crippen LogP contribution in [-0.2, 0) is 4.74 Å². The number of anilines is 3. The maximum Gasteiger partial charge on any atom is 0.416 e. The van der Waals surface area contributed by atoms with E-state index in [9.17, 15) is 9.59 Å². The molecule has 1 fully saturated rings. The number of ketones is 1. The van der Waals surface area contributed by atoms with Crippen LogP contribution in [0.15, 0.2) is 6.07 Å². The van der Waals surface area contributed by atoms with Crippen LogP contribution in [0, 0.1) is 0 Å². The van der Waals surface area contributed by atoms with E-state index in [2.05, 4.69) is 10.3 Å². The van der Waals surface area contributed by atoms with E-state index in [1.807, 2.05) is 0 Å². The Morgan fingerprint density at radius 1 is 1.43 bits per heavy atom. The summed E-state index contributed by atoms with van der Waals surface area (Å²) in [5.41, 5.74) is 6.19. The van der Waals surface area contributed by atoms with Gasteiger partial charge in [-0.2, -0.15) is 0 Å². The molecule has 124 valence electrons. The maximum atomic E-state index is 12.4. The van der Waals surface area contributed by atoms with Crippen molar-refractivity contribution in [2.24, 2.45) is 0 Å². The van der Waals surface area contributed by atoms with Crippen LogP contribution in [0.25, 0.3) is 0 Å². The van der Waals surface area contributed by atoms with Gasteiger partial charge in [0.2, 0.25) is 0 Å². The summed E-state index contributed by atoms with van der Waals surface area (Å²) in [5, 5.41) is 3.23. The topological polar surface area (TPSA) is 97.5 Å². The molecule has 0 aromatic carbocycles. The first-order chi connectivity index (χ1) is 10.7. The first-order valence-electron chi connectivity index (χ1n) is 7.85. The van der Waals surface area contributed by atoms with Crippen molar-refractivity contribution in [3.05, 3.63) is 11.6 Å². The molecule has 1 aromatic rings. The number of nitrogens with zero attached hydrogens (tertiary/aromatic N) is 2. The molecule has 0 unspecified atom stereocenters. The molecule has 0 atom stereocenters. The number of fused-ring (bicyclic) bond motifs is 1. The van der Waals surface area contributed by atoms with Gasteiger partial charge in [0, 0.05) is 19.0 Å². The number of nitrogen functional groups attached to an aromatic ring is 1. The van der Waals surface area contributed by atoms with E-state index < -0.39 is 11.7 Å². The van der Waals surface area contributed by atoms with Gasteiger partial charge in [0.1, 0.15) is 5.60 Å². The number of hydrogen-bond donors (Lipinski definition) is 2. The monoisotopic (exact) mass is 318 g/mol. The number of carbonyl (C=O) groups is 2. The van der Waals surface area contributed by atoms with E-state index in [1.54, 1.807) is 26.8 Å². The number of nitrogens with two attached hydrogens (primary N) is 1. The van der Waals surface area contributed by atoms with Gasteiger partial charge in [-0.1, -0.05) is 0 Å². The van der Waals surface area contributed by atoms with Crippen molar-refractivity contribution >= 4 is 29.2 Å². The number of hydrogen-bond acceptors (Lipinski definition) is 6. The van der Waals surface area contributed by atoms with Gasteiger partial charge >= 0.3 is 6.09 Å². The summed E-state index contributed by atoms with van der Waals surface area (Å²) in [4.78, 5) is 30.4. The average Bonchev–Trinajstić information content (AvgIpc) is 3.23. The third kappa shape index (κ3) is 3.38. The van der Waals surface area contributed by atoms with E-state index in [-0.39, 0.29) is 18.7 Å². The van der Waals surface area contributed by atoms with Crippen molar-refractivity contribution in [3.63, 3.8) is 0 Å². The first kappa shape index (κ1) is 15.6. The second-order valence-corrected chi connectivity index (χ2v) is 7.02. The summed E-state index contributed by atoms with van der Waals surface area (Å²) < 4.78 is 5.42. The molecule has 7 heteroatoms. The predicted molar refractivity (Wildman–Crippen MR) is 87.8 cm³/mol. The van der Waals surface area contributed by atoms with Crippen LogP contribution in [-0.4, -0.2) is 35.0 Å². The number of carbonyl (C=O) groups excluding carboxylic acids is 2. The fraction of sp³-hybridized carbons (Fsp3) is 0.562. The normalized spacial score (nSPS) is 17.7. The molecule has 1 aliphatic carbocycles. The lowest BCUT2D eigenvalue weighted by molar-refractivity contribution is 0.0576. The van der Waals surface area contributed by atoms with E-state index in [1.165, 1.54) is 4.90 Å². The minimum Gasteiger partial charge on any atom is -0.443 e. The summed E-state index contributed by atoms with van der Waals surface area (Å²) in [6.45, 7) is 5.67. The van der Waals surface area contributed by atoms with Gasteiger partial charge in [0.25, 0.3) is 0 Å². The molecule has 23 heavy (non-hydrogen) atoms. The maximum absolute atomic E-state index is 12.4. The highest BCUT2D eigenvalue weighted by Crippen LogP contribution is 2.34. The zero-order valence-corrected chi connectivity index (χ0v) is 13.7. The van der Waals surface area contributed by atoms with E-state index in [0.29, 0.717) is 28.9 Å². The lowest BCUT2D eigenvalue weighted by Crippen LogP contribution is -2.41. The Hall–Kier alpha value is -2.31. The number of aromatic nitrogens is 1. The molecule has 1 saturated carbocycles. The smallest absolute Gasteiger partial charge is 0.416 e. The van der Waals surface area contributed by atoms with Crippen LogP contribution in [0.5, 0.6) is 0 Å². The van der Waals surface area contributed by atoms with Crippen LogP contribution in [0.4, 0.5) is 22.1 Å². The van der Waals surface area contributed by atoms with E-state index in [0.717, 1.165) is 12.8 Å². The largest absolute Gasteiger partial charge is 0.443 e. The highest BCUT2D eigenvalue weighted by Gasteiger charge is 2.33. The number of pyridine rings is 1. The first-order valence-corrected chi connectivity index (χ1v) is 7.85. The summed E-state index contributed by atoms with van der Waals surface area (Å²) in [6.07, 6.45) is 1.89. The summed E-state index contributed by atoms with van der Waals surface area (Å²) in [6, 6.07) is 1.98. The number of ether oxygens (including phenoxy) is 1. The van der Waals surface area contributed by atoms with Gasteiger partial charge < -0.3 is 15.8 Å². The molecular weight excluding hydrogens is 296 g/mol. The average molecular weight is 318 g/mol. The third-order valence-electron chi connectivity index (χ3n) is 3.68. The van der Waals surface area contributed by atoms with E-state index >= 15 is 0 Å². The van der Waals surface area contributed by atoms with Crippen molar-refractivity contribution in [1.82, 2.24) is 4.98 Å². The van der Waals surface area contributed by atoms with Crippen LogP contribution < -0.4 is 16.0 Å². The zero-order valence-electron chi connectivity index (χ0n) is 13.7. The van der Waals surface area contributed by atoms with Crippen molar-refractivity contribution in [3.8, 4) is 0 Å². The van der Waals surface area contributed by atoms with E-state index in [4.69, 9.17) is 10.5 Å². The second kappa shape index (κ2) is 5.40. The summed E-state index contributed by atoms with van der Waals surface area (Å²) in [5.74, 6) is 0.791.